The van der Waals surface area contributed by atoms with Gasteiger partial charge in [-0.25, -0.2) is 0 Å². The van der Waals surface area contributed by atoms with Crippen LogP contribution in [0.5, 0.6) is 0 Å². The fourth-order valence-corrected chi connectivity index (χ4v) is 5.37. The first-order valence-electron chi connectivity index (χ1n) is 18.8. The summed E-state index contributed by atoms with van der Waals surface area (Å²) in [6, 6.07) is 0. The predicted molar refractivity (Wildman–Crippen MR) is 199 cm³/mol. The van der Waals surface area contributed by atoms with Crippen molar-refractivity contribution in [1.29, 1.82) is 0 Å². The molecule has 0 saturated heterocycles. The van der Waals surface area contributed by atoms with Crippen molar-refractivity contribution in [1.82, 2.24) is 0 Å². The molecule has 0 bridgehead atoms. The van der Waals surface area contributed by atoms with Gasteiger partial charge in [-0.3, -0.25) is 14.2 Å². The van der Waals surface area contributed by atoms with Gasteiger partial charge in [0.25, 0.3) is 7.82 Å². The summed E-state index contributed by atoms with van der Waals surface area (Å²) in [4.78, 5) is 36.9. The molecule has 0 N–H and O–H groups in total. The van der Waals surface area contributed by atoms with E-state index in [1.807, 2.05) is 21.1 Å². The fourth-order valence-electron chi connectivity index (χ4n) is 4.64. The van der Waals surface area contributed by atoms with E-state index in [1.165, 1.54) is 25.7 Å². The molecule has 0 fully saturated rings. The zero-order valence-electron chi connectivity index (χ0n) is 31.6. The number of esters is 2. The average Bonchev–Trinajstić information content (AvgIpc) is 3.04. The van der Waals surface area contributed by atoms with Gasteiger partial charge in [-0.05, 0) is 51.4 Å². The zero-order chi connectivity index (χ0) is 36.5. The Morgan fingerprint density at radius 2 is 1.16 bits per heavy atom. The third kappa shape index (κ3) is 35.6. The second-order valence-electron chi connectivity index (χ2n) is 13.6. The van der Waals surface area contributed by atoms with E-state index in [9.17, 15) is 19.0 Å². The minimum atomic E-state index is -4.61. The molecule has 0 spiro atoms. The summed E-state index contributed by atoms with van der Waals surface area (Å²) < 4.78 is 33.5. The third-order valence-electron chi connectivity index (χ3n) is 7.61. The summed E-state index contributed by atoms with van der Waals surface area (Å²) in [6.07, 6.45) is 34.9. The maximum Gasteiger partial charge on any atom is 0.306 e. The Hall–Kier alpha value is -2.03. The molecular weight excluding hydrogens is 641 g/mol. The van der Waals surface area contributed by atoms with E-state index in [2.05, 4.69) is 62.5 Å². The first kappa shape index (κ1) is 47.0. The molecular formula is C39H70NO8P. The maximum atomic E-state index is 12.5. The second kappa shape index (κ2) is 31.9. The first-order valence-corrected chi connectivity index (χ1v) is 20.3. The van der Waals surface area contributed by atoms with Crippen molar-refractivity contribution in [3.05, 3.63) is 48.6 Å². The Kier molecular flexibility index (Phi) is 30.6. The number of ether oxygens (including phenoxy) is 2. The number of nitrogens with zero attached hydrogens (tertiary/aromatic N) is 1. The van der Waals surface area contributed by atoms with Gasteiger partial charge in [0.1, 0.15) is 19.8 Å². The Labute approximate surface area is 299 Å². The molecule has 2 atom stereocenters. The molecule has 0 aliphatic rings. The summed E-state index contributed by atoms with van der Waals surface area (Å²) in [5, 5.41) is 0. The van der Waals surface area contributed by atoms with Gasteiger partial charge in [-0.2, -0.15) is 0 Å². The summed E-state index contributed by atoms with van der Waals surface area (Å²) >= 11 is 0. The quantitative estimate of drug-likeness (QED) is 0.0218. The number of phosphoric ester groups is 1. The highest BCUT2D eigenvalue weighted by atomic mass is 31.2. The van der Waals surface area contributed by atoms with Gasteiger partial charge >= 0.3 is 11.9 Å². The molecule has 0 aliphatic carbocycles. The summed E-state index contributed by atoms with van der Waals surface area (Å²) in [7, 11) is 1.15. The monoisotopic (exact) mass is 711 g/mol. The molecule has 0 aliphatic heterocycles. The summed E-state index contributed by atoms with van der Waals surface area (Å²) in [6.45, 7) is 3.94. The average molecular weight is 712 g/mol. The summed E-state index contributed by atoms with van der Waals surface area (Å²) in [5.41, 5.74) is 0. The lowest BCUT2D eigenvalue weighted by atomic mass is 10.1. The van der Waals surface area contributed by atoms with E-state index in [4.69, 9.17) is 18.5 Å². The molecule has 0 aromatic rings. The van der Waals surface area contributed by atoms with Gasteiger partial charge in [0.15, 0.2) is 6.10 Å². The van der Waals surface area contributed by atoms with Crippen LogP contribution in [0, 0.1) is 0 Å². The lowest BCUT2D eigenvalue weighted by Gasteiger charge is -2.28. The lowest BCUT2D eigenvalue weighted by Crippen LogP contribution is -2.37. The van der Waals surface area contributed by atoms with Crippen LogP contribution < -0.4 is 4.89 Å². The first-order chi connectivity index (χ1) is 23.5. The molecule has 0 rings (SSSR count). The van der Waals surface area contributed by atoms with Gasteiger partial charge in [0.05, 0.1) is 27.7 Å². The van der Waals surface area contributed by atoms with Crippen LogP contribution in [-0.2, 0) is 32.7 Å². The Balaban J connectivity index is 4.21. The zero-order valence-corrected chi connectivity index (χ0v) is 32.5. The van der Waals surface area contributed by atoms with Crippen LogP contribution in [0.25, 0.3) is 0 Å². The molecule has 9 nitrogen and oxygen atoms in total. The van der Waals surface area contributed by atoms with Gasteiger partial charge in [0.2, 0.25) is 0 Å². The standard InChI is InChI=1S/C39H70NO8P/c1-6-8-10-12-13-14-15-16-17-18-19-20-21-22-23-24-25-26-27-28-30-32-39(42)48-37(35-45-38(41)31-29-11-9-7-2)36-47-49(43,44)46-34-33-40(3,4)5/h8,10,13-14,16-17,19-20,37H,6-7,9,11-12,15,18,21-36H2,1-5H3/b10-8-,14-13-,17-16-,20-19-. The number of quaternary nitrogens is 1. The normalized spacial score (nSPS) is 14.3. The molecule has 0 aromatic heterocycles. The van der Waals surface area contributed by atoms with Crippen LogP contribution in [0.1, 0.15) is 136 Å². The van der Waals surface area contributed by atoms with Crippen LogP contribution in [0.3, 0.4) is 0 Å². The van der Waals surface area contributed by atoms with Crippen molar-refractivity contribution in [3.8, 4) is 0 Å². The van der Waals surface area contributed by atoms with E-state index in [0.29, 0.717) is 17.4 Å². The lowest BCUT2D eigenvalue weighted by molar-refractivity contribution is -0.870. The fraction of sp³-hybridized carbons (Fsp3) is 0.744. The third-order valence-corrected chi connectivity index (χ3v) is 8.58. The number of hydrogen-bond donors (Lipinski definition) is 0. The van der Waals surface area contributed by atoms with Crippen molar-refractivity contribution in [2.45, 2.75) is 142 Å². The van der Waals surface area contributed by atoms with Crippen LogP contribution in [0.4, 0.5) is 0 Å². The highest BCUT2D eigenvalue weighted by Crippen LogP contribution is 2.38. The van der Waals surface area contributed by atoms with Crippen LogP contribution in [0.2, 0.25) is 0 Å². The van der Waals surface area contributed by atoms with Crippen molar-refractivity contribution >= 4 is 19.8 Å². The number of allylic oxidation sites excluding steroid dienone is 8. The molecule has 0 radical (unpaired) electrons. The van der Waals surface area contributed by atoms with Gasteiger partial charge < -0.3 is 27.9 Å². The Bertz CT molecular complexity index is 986. The van der Waals surface area contributed by atoms with E-state index in [0.717, 1.165) is 77.0 Å². The van der Waals surface area contributed by atoms with E-state index in [1.54, 1.807) is 0 Å². The van der Waals surface area contributed by atoms with Crippen LogP contribution in [0.15, 0.2) is 48.6 Å². The van der Waals surface area contributed by atoms with Crippen LogP contribution >= 0.6 is 7.82 Å². The van der Waals surface area contributed by atoms with E-state index < -0.39 is 32.5 Å². The number of carbonyl (C=O) groups excluding carboxylic acids is 2. The number of unbranched alkanes of at least 4 members (excludes halogenated alkanes) is 11. The maximum absolute atomic E-state index is 12.5. The van der Waals surface area contributed by atoms with Crippen LogP contribution in [-0.4, -0.2) is 70.0 Å². The van der Waals surface area contributed by atoms with Gasteiger partial charge in [0, 0.05) is 12.8 Å². The molecule has 0 heterocycles. The molecule has 2 unspecified atom stereocenters. The second-order valence-corrected chi connectivity index (χ2v) is 15.0. The number of likely N-dealkylation sites (N-methyl/N-ethyl adjacent to an activating group) is 1. The van der Waals surface area contributed by atoms with Crippen molar-refractivity contribution in [2.75, 3.05) is 47.5 Å². The highest BCUT2D eigenvalue weighted by molar-refractivity contribution is 7.45. The largest absolute Gasteiger partial charge is 0.756 e. The molecule has 0 aromatic carbocycles. The van der Waals surface area contributed by atoms with E-state index in [-0.39, 0.29) is 26.1 Å². The predicted octanol–water partition coefficient (Wildman–Crippen LogP) is 9.33. The van der Waals surface area contributed by atoms with Gasteiger partial charge in [-0.15, -0.1) is 0 Å². The minimum absolute atomic E-state index is 0.0342. The number of rotatable bonds is 33. The molecule has 0 amide bonds. The number of hydrogen-bond acceptors (Lipinski definition) is 8. The van der Waals surface area contributed by atoms with Crippen molar-refractivity contribution < 1.29 is 42.1 Å². The topological polar surface area (TPSA) is 111 Å². The molecule has 49 heavy (non-hydrogen) atoms. The summed E-state index contributed by atoms with van der Waals surface area (Å²) in [5.74, 6) is -0.869. The highest BCUT2D eigenvalue weighted by Gasteiger charge is 2.21. The number of carbonyl (C=O) groups is 2. The van der Waals surface area contributed by atoms with Crippen molar-refractivity contribution in [3.63, 3.8) is 0 Å². The van der Waals surface area contributed by atoms with E-state index >= 15 is 0 Å². The minimum Gasteiger partial charge on any atom is -0.756 e. The molecule has 284 valence electrons. The Morgan fingerprint density at radius 3 is 1.73 bits per heavy atom. The van der Waals surface area contributed by atoms with Crippen molar-refractivity contribution in [2.24, 2.45) is 0 Å². The molecule has 10 heteroatoms. The Morgan fingerprint density at radius 1 is 0.653 bits per heavy atom. The number of phosphoric acid groups is 1. The SMILES string of the molecule is CC/C=C\C/C=C\C/C=C\C/C=C\CCCCCCCCCCC(=O)OC(COC(=O)CCCCCC)COP(=O)([O-])OCC[N+](C)(C)C. The molecule has 0 saturated carbocycles. The smallest absolute Gasteiger partial charge is 0.306 e. The van der Waals surface area contributed by atoms with Gasteiger partial charge in [-0.1, -0.05) is 120 Å².